The van der Waals surface area contributed by atoms with Gasteiger partial charge in [-0.25, -0.2) is 0 Å². The van der Waals surface area contributed by atoms with Crippen molar-refractivity contribution in [2.45, 2.75) is 19.3 Å². The van der Waals surface area contributed by atoms with E-state index in [1.807, 2.05) is 95.6 Å². The van der Waals surface area contributed by atoms with Gasteiger partial charge < -0.3 is 13.6 Å². The molecule has 0 aliphatic heterocycles. The van der Waals surface area contributed by atoms with E-state index in [1.54, 1.807) is 0 Å². The van der Waals surface area contributed by atoms with Crippen molar-refractivity contribution in [3.63, 3.8) is 0 Å². The third kappa shape index (κ3) is 4.60. The Morgan fingerprint density at radius 2 is 1.12 bits per heavy atom. The summed E-state index contributed by atoms with van der Waals surface area (Å²) in [7, 11) is 0. The Labute approximate surface area is 358 Å². The van der Waals surface area contributed by atoms with Crippen molar-refractivity contribution in [3.8, 4) is 44.8 Å². The summed E-state index contributed by atoms with van der Waals surface area (Å²) in [5, 5.41) is 5.50. The van der Waals surface area contributed by atoms with E-state index in [9.17, 15) is 4.11 Å². The zero-order valence-electron chi connectivity index (χ0n) is 40.7. The number of benzene rings is 9. The maximum atomic E-state index is 9.96. The zero-order valence-corrected chi connectivity index (χ0v) is 32.7. The number of hydrogen-bond acceptors (Lipinski definition) is 1. The van der Waals surface area contributed by atoms with Crippen molar-refractivity contribution in [1.82, 2.24) is 9.13 Å². The summed E-state index contributed by atoms with van der Waals surface area (Å²) in [6.45, 7) is 4.25. The summed E-state index contributed by atoms with van der Waals surface area (Å²) in [6.07, 6.45) is 0. The minimum absolute atomic E-state index is 0.00961. The molecule has 9 aromatic carbocycles. The highest BCUT2D eigenvalue weighted by molar-refractivity contribution is 6.13. The van der Waals surface area contributed by atoms with Crippen LogP contribution in [0.2, 0.25) is 0 Å². The lowest BCUT2D eigenvalue weighted by Crippen LogP contribution is -2.15. The first-order valence-corrected chi connectivity index (χ1v) is 20.2. The molecule has 282 valence electrons. The minimum atomic E-state index is -0.553. The molecule has 0 N–H and O–H groups in total. The van der Waals surface area contributed by atoms with Crippen LogP contribution in [-0.4, -0.2) is 9.13 Å². The highest BCUT2D eigenvalue weighted by atomic mass is 16.3. The molecule has 0 saturated carbocycles. The zero-order chi connectivity index (χ0) is 46.7. The molecule has 0 atom stereocenters. The summed E-state index contributed by atoms with van der Waals surface area (Å²) >= 11 is 0. The van der Waals surface area contributed by atoms with Gasteiger partial charge in [-0.2, -0.15) is 0 Å². The lowest BCUT2D eigenvalue weighted by atomic mass is 9.82. The highest BCUT2D eigenvalue weighted by Crippen LogP contribution is 2.53. The monoisotopic (exact) mass is 774 g/mol. The van der Waals surface area contributed by atoms with E-state index in [2.05, 4.69) is 73.0 Å². The fraction of sp³-hybridized carbons (Fsp3) is 0.0526. The van der Waals surface area contributed by atoms with Gasteiger partial charge in [0.15, 0.2) is 0 Å². The van der Waals surface area contributed by atoms with Crippen molar-refractivity contribution in [2.75, 3.05) is 0 Å². The summed E-state index contributed by atoms with van der Waals surface area (Å²) in [5.74, 6) is 0. The molecule has 0 spiro atoms. The highest BCUT2D eigenvalue weighted by Gasteiger charge is 2.37. The average molecular weight is 775 g/mol. The Hall–Kier alpha value is -7.62. The second-order valence-electron chi connectivity index (χ2n) is 16.3. The van der Waals surface area contributed by atoms with Crippen LogP contribution in [-0.2, 0) is 5.41 Å². The summed E-state index contributed by atoms with van der Waals surface area (Å²) in [4.78, 5) is 0. The first kappa shape index (κ1) is 26.4. The summed E-state index contributed by atoms with van der Waals surface area (Å²) < 4.78 is 82.7. The largest absolute Gasteiger partial charge is 0.456 e. The van der Waals surface area contributed by atoms with Crippen LogP contribution < -0.4 is 0 Å². The first-order valence-electron chi connectivity index (χ1n) is 24.2. The van der Waals surface area contributed by atoms with Crippen molar-refractivity contribution in [2.24, 2.45) is 0 Å². The van der Waals surface area contributed by atoms with E-state index in [0.29, 0.717) is 27.6 Å². The third-order valence-corrected chi connectivity index (χ3v) is 12.7. The number of furan rings is 1. The van der Waals surface area contributed by atoms with Crippen LogP contribution in [0.1, 0.15) is 35.9 Å². The van der Waals surface area contributed by atoms with E-state index in [-0.39, 0.29) is 47.9 Å². The molecule has 3 heteroatoms. The van der Waals surface area contributed by atoms with Crippen LogP contribution in [0.25, 0.3) is 110 Å². The molecule has 12 aromatic rings. The van der Waals surface area contributed by atoms with Gasteiger partial charge in [-0.05, 0) is 111 Å². The molecule has 3 nitrogen and oxygen atoms in total. The van der Waals surface area contributed by atoms with Crippen LogP contribution in [0.5, 0.6) is 0 Å². The third-order valence-electron chi connectivity index (χ3n) is 12.7. The molecule has 0 amide bonds. The standard InChI is InChI=1S/C57H38N2O/c1-57(2)48-19-12-18-40(35-13-4-3-5-14-35)56(48)45-28-26-38(33-49(45)57)58-50-20-9-6-15-41(50)46-31-36(23-29-52(46)58)37-24-30-53-47(32-37)42-16-7-10-21-51(42)59(53)39-25-27-44-43-17-8-11-22-54(43)60-55(44)34-39/h3-34H,1-2H3/i3D,4D,5D,13D,14D,23D,29D,31D. The number of aromatic nitrogens is 2. The Morgan fingerprint density at radius 1 is 0.433 bits per heavy atom. The van der Waals surface area contributed by atoms with Gasteiger partial charge in [-0.3, -0.25) is 0 Å². The fourth-order valence-corrected chi connectivity index (χ4v) is 9.94. The second kappa shape index (κ2) is 12.2. The number of fused-ring (bicyclic) bond motifs is 12. The molecule has 0 unspecified atom stereocenters. The average Bonchev–Trinajstić information content (AvgIpc) is 4.07. The molecule has 0 radical (unpaired) electrons. The fourth-order valence-electron chi connectivity index (χ4n) is 9.94. The van der Waals surface area contributed by atoms with Crippen LogP contribution in [0.15, 0.2) is 198 Å². The van der Waals surface area contributed by atoms with Crippen LogP contribution >= 0.6 is 0 Å². The summed E-state index contributed by atoms with van der Waals surface area (Å²) in [5.41, 5.74) is 11.5. The van der Waals surface area contributed by atoms with E-state index in [0.717, 1.165) is 88.3 Å². The number of para-hydroxylation sites is 3. The Balaban J connectivity index is 0.985. The molecule has 3 heterocycles. The summed E-state index contributed by atoms with van der Waals surface area (Å²) in [6, 6.07) is 46.8. The topological polar surface area (TPSA) is 23.0 Å². The normalized spacial score (nSPS) is 15.2. The predicted octanol–water partition coefficient (Wildman–Crippen LogP) is 15.4. The smallest absolute Gasteiger partial charge is 0.137 e. The van der Waals surface area contributed by atoms with Crippen LogP contribution in [0, 0.1) is 0 Å². The van der Waals surface area contributed by atoms with E-state index in [4.69, 9.17) is 11.3 Å². The molecule has 1 aliphatic rings. The van der Waals surface area contributed by atoms with Gasteiger partial charge in [0, 0.05) is 55.2 Å². The van der Waals surface area contributed by atoms with E-state index >= 15 is 0 Å². The minimum Gasteiger partial charge on any atom is -0.456 e. The van der Waals surface area contributed by atoms with Crippen LogP contribution in [0.4, 0.5) is 0 Å². The Bertz CT molecular complexity index is 4200. The lowest BCUT2D eigenvalue weighted by molar-refractivity contribution is 0.660. The van der Waals surface area contributed by atoms with Gasteiger partial charge in [0.05, 0.1) is 33.0 Å². The Kier molecular flexibility index (Phi) is 5.37. The van der Waals surface area contributed by atoms with E-state index in [1.165, 1.54) is 0 Å². The molecular formula is C57H38N2O. The molecule has 0 bridgehead atoms. The lowest BCUT2D eigenvalue weighted by Gasteiger charge is -2.22. The molecule has 0 saturated heterocycles. The Morgan fingerprint density at radius 3 is 1.95 bits per heavy atom. The maximum absolute atomic E-state index is 9.96. The quantitative estimate of drug-likeness (QED) is 0.175. The number of hydrogen-bond donors (Lipinski definition) is 0. The maximum Gasteiger partial charge on any atom is 0.137 e. The predicted molar refractivity (Wildman–Crippen MR) is 251 cm³/mol. The molecule has 13 rings (SSSR count). The first-order chi connectivity index (χ1) is 32.8. The molecular weight excluding hydrogens is 729 g/mol. The molecule has 0 fully saturated rings. The van der Waals surface area contributed by atoms with Gasteiger partial charge >= 0.3 is 0 Å². The van der Waals surface area contributed by atoms with Crippen molar-refractivity contribution >= 4 is 65.6 Å². The SMILES string of the molecule is [2H]c1c([2H])c([2H])c(-c2cccc3c2-c2ccc(-n4c5ccccc5c5c([2H])c(-c6ccc7c(c6)c6ccccc6n7-c6ccc7c(c6)oc6ccccc67)c([2H])c([2H])c54)cc2C3(C)C)c([2H])c1[2H]. The molecule has 60 heavy (non-hydrogen) atoms. The number of nitrogens with zero attached hydrogens (tertiary/aromatic N) is 2. The van der Waals surface area contributed by atoms with Crippen molar-refractivity contribution < 1.29 is 15.4 Å². The van der Waals surface area contributed by atoms with Crippen LogP contribution in [0.3, 0.4) is 0 Å². The van der Waals surface area contributed by atoms with Crippen molar-refractivity contribution in [3.05, 3.63) is 205 Å². The second-order valence-corrected chi connectivity index (χ2v) is 16.3. The van der Waals surface area contributed by atoms with Gasteiger partial charge in [-0.15, -0.1) is 0 Å². The number of rotatable bonds is 4. The van der Waals surface area contributed by atoms with Gasteiger partial charge in [0.1, 0.15) is 11.2 Å². The van der Waals surface area contributed by atoms with E-state index < -0.39 is 11.5 Å². The molecule has 1 aliphatic carbocycles. The van der Waals surface area contributed by atoms with Gasteiger partial charge in [0.2, 0.25) is 0 Å². The van der Waals surface area contributed by atoms with Gasteiger partial charge in [0.25, 0.3) is 0 Å². The molecule has 3 aromatic heterocycles. The van der Waals surface area contributed by atoms with Gasteiger partial charge in [-0.1, -0.05) is 135 Å². The van der Waals surface area contributed by atoms with Crippen molar-refractivity contribution in [1.29, 1.82) is 0 Å².